The lowest BCUT2D eigenvalue weighted by molar-refractivity contribution is -0.134. The molecule has 5 aliphatic rings. The van der Waals surface area contributed by atoms with Gasteiger partial charge in [-0.3, -0.25) is 9.69 Å². The van der Waals surface area contributed by atoms with Crippen molar-refractivity contribution in [3.8, 4) is 0 Å². The molecule has 6 nitrogen and oxygen atoms in total. The van der Waals surface area contributed by atoms with E-state index in [2.05, 4.69) is 28.5 Å². The van der Waals surface area contributed by atoms with Gasteiger partial charge in [-0.1, -0.05) is 25.0 Å². The Morgan fingerprint density at radius 1 is 1.08 bits per heavy atom. The highest BCUT2D eigenvalue weighted by Gasteiger charge is 2.57. The maximum Gasteiger partial charge on any atom is 0.320 e. The molecule has 2 bridgehead atoms. The van der Waals surface area contributed by atoms with Crippen LogP contribution >= 0.6 is 12.4 Å². The Bertz CT molecular complexity index is 1030. The van der Waals surface area contributed by atoms with Crippen molar-refractivity contribution in [2.75, 3.05) is 33.2 Å². The summed E-state index contributed by atoms with van der Waals surface area (Å²) < 4.78 is 14.2. The molecular formula is C30H44ClFN4O2. The molecule has 210 valence electrons. The molecule has 1 spiro atoms. The third-order valence-electron chi connectivity index (χ3n) is 10.3. The van der Waals surface area contributed by atoms with Gasteiger partial charge in [-0.25, -0.2) is 9.18 Å². The largest absolute Gasteiger partial charge is 0.341 e. The molecule has 4 heterocycles. The van der Waals surface area contributed by atoms with E-state index in [0.717, 1.165) is 63.7 Å². The minimum absolute atomic E-state index is 0. The number of piperidine rings is 1. The van der Waals surface area contributed by atoms with Gasteiger partial charge in [-0.2, -0.15) is 0 Å². The first-order valence-corrected chi connectivity index (χ1v) is 14.6. The maximum absolute atomic E-state index is 14.2. The van der Waals surface area contributed by atoms with Crippen molar-refractivity contribution in [2.45, 2.75) is 94.8 Å². The molecule has 5 fully saturated rings. The second kappa shape index (κ2) is 10.6. The van der Waals surface area contributed by atoms with Crippen LogP contribution in [0.3, 0.4) is 0 Å². The average molecular weight is 547 g/mol. The molecule has 1 aromatic rings. The van der Waals surface area contributed by atoms with Crippen LogP contribution in [-0.2, 0) is 4.79 Å². The summed E-state index contributed by atoms with van der Waals surface area (Å²) in [5.41, 5.74) is 0.964. The lowest BCUT2D eigenvalue weighted by Gasteiger charge is -2.50. The van der Waals surface area contributed by atoms with Crippen molar-refractivity contribution in [3.05, 3.63) is 35.6 Å². The van der Waals surface area contributed by atoms with Crippen LogP contribution < -0.4 is 0 Å². The number of nitrogens with zero attached hydrogens (tertiary/aromatic N) is 4. The number of carbonyl (C=O) groups excluding carboxylic acids is 2. The number of urea groups is 1. The third kappa shape index (κ3) is 4.72. The van der Waals surface area contributed by atoms with E-state index in [1.54, 1.807) is 6.07 Å². The van der Waals surface area contributed by atoms with Gasteiger partial charge in [0, 0.05) is 63.2 Å². The number of likely N-dealkylation sites (tertiary alicyclic amines) is 1. The molecule has 1 saturated carbocycles. The van der Waals surface area contributed by atoms with Crippen LogP contribution in [0, 0.1) is 17.7 Å². The molecule has 6 rings (SSSR count). The molecule has 0 N–H and O–H groups in total. The van der Waals surface area contributed by atoms with E-state index in [9.17, 15) is 14.0 Å². The Labute approximate surface area is 233 Å². The first-order chi connectivity index (χ1) is 17.8. The first-order valence-electron chi connectivity index (χ1n) is 14.6. The summed E-state index contributed by atoms with van der Waals surface area (Å²) in [5, 5.41) is 0. The number of fused-ring (bicyclic) bond motifs is 2. The molecule has 4 aliphatic heterocycles. The topological polar surface area (TPSA) is 47.1 Å². The van der Waals surface area contributed by atoms with Crippen molar-refractivity contribution in [1.29, 1.82) is 0 Å². The van der Waals surface area contributed by atoms with Gasteiger partial charge in [-0.15, -0.1) is 12.4 Å². The van der Waals surface area contributed by atoms with Crippen molar-refractivity contribution < 1.29 is 14.0 Å². The Hall–Kier alpha value is -1.86. The molecule has 1 aromatic carbocycles. The van der Waals surface area contributed by atoms with E-state index < -0.39 is 0 Å². The second-order valence-corrected chi connectivity index (χ2v) is 13.0. The average Bonchev–Trinajstić information content (AvgIpc) is 3.62. The Balaban J connectivity index is 0.00000294. The zero-order valence-electron chi connectivity index (χ0n) is 23.2. The molecule has 4 saturated heterocycles. The molecule has 2 unspecified atom stereocenters. The molecule has 8 heteroatoms. The monoisotopic (exact) mass is 546 g/mol. The van der Waals surface area contributed by atoms with Crippen LogP contribution in [0.15, 0.2) is 24.3 Å². The van der Waals surface area contributed by atoms with E-state index in [-0.39, 0.29) is 47.7 Å². The predicted octanol–water partition coefficient (Wildman–Crippen LogP) is 5.12. The Kier molecular flexibility index (Phi) is 7.73. The van der Waals surface area contributed by atoms with Crippen LogP contribution in [0.25, 0.3) is 0 Å². The highest BCUT2D eigenvalue weighted by molar-refractivity contribution is 5.85. The fourth-order valence-electron chi connectivity index (χ4n) is 8.83. The fraction of sp³-hybridized carbons (Fsp3) is 0.733. The number of halogens is 2. The first kappa shape index (κ1) is 27.7. The minimum atomic E-state index is -0.194. The quantitative estimate of drug-likeness (QED) is 0.515. The molecule has 1 aliphatic carbocycles. The highest BCUT2D eigenvalue weighted by Crippen LogP contribution is 2.48. The number of hydrogen-bond donors (Lipinski definition) is 0. The van der Waals surface area contributed by atoms with Gasteiger partial charge in [0.25, 0.3) is 0 Å². The van der Waals surface area contributed by atoms with Gasteiger partial charge in [0.05, 0.1) is 5.54 Å². The standard InChI is InChI=1S/C30H43FN4O2.ClH/c1-20(2)35-29(37)32(3)19-30(35)14-25-11-12-26(15-30)34(25)17-23-16-33(28(36)21-7-4-5-8-21)18-27(23)22-9-6-10-24(31)13-22;/h6,9-10,13,20-21,23,25-27H,4-5,7-8,11-12,14-19H2,1-3H3;1H/t23-,25?,26?,27-,30?;/m1./s1. The number of rotatable bonds is 5. The SMILES string of the molecule is CC(C)N1C(=O)N(C)CC12CC1CCC(C2)N1C[C@H]1CN(C(=O)C2CCCC2)C[C@@H]1c1cccc(F)c1.Cl. The van der Waals surface area contributed by atoms with Crippen LogP contribution in [0.4, 0.5) is 9.18 Å². The zero-order chi connectivity index (χ0) is 25.9. The van der Waals surface area contributed by atoms with Crippen molar-refractivity contribution in [1.82, 2.24) is 19.6 Å². The van der Waals surface area contributed by atoms with E-state index >= 15 is 0 Å². The maximum atomic E-state index is 14.2. The summed E-state index contributed by atoms with van der Waals surface area (Å²) in [6, 6.07) is 8.35. The smallest absolute Gasteiger partial charge is 0.320 e. The van der Waals surface area contributed by atoms with E-state index in [1.807, 2.05) is 24.1 Å². The van der Waals surface area contributed by atoms with Crippen LogP contribution in [0.1, 0.15) is 76.7 Å². The summed E-state index contributed by atoms with van der Waals surface area (Å²) in [6.45, 7) is 7.54. The van der Waals surface area contributed by atoms with Gasteiger partial charge >= 0.3 is 6.03 Å². The summed E-state index contributed by atoms with van der Waals surface area (Å²) in [7, 11) is 1.94. The van der Waals surface area contributed by atoms with Crippen molar-refractivity contribution >= 4 is 24.3 Å². The Morgan fingerprint density at radius 2 is 1.76 bits per heavy atom. The number of amides is 3. The Morgan fingerprint density at radius 3 is 2.39 bits per heavy atom. The summed E-state index contributed by atoms with van der Waals surface area (Å²) in [5.74, 6) is 0.778. The fourth-order valence-corrected chi connectivity index (χ4v) is 8.83. The lowest BCUT2D eigenvalue weighted by Crippen LogP contribution is -2.60. The molecule has 0 radical (unpaired) electrons. The van der Waals surface area contributed by atoms with E-state index in [1.165, 1.54) is 18.9 Å². The predicted molar refractivity (Wildman–Crippen MR) is 149 cm³/mol. The van der Waals surface area contributed by atoms with Gasteiger partial charge in [-0.05, 0) is 76.0 Å². The van der Waals surface area contributed by atoms with E-state index in [4.69, 9.17) is 0 Å². The van der Waals surface area contributed by atoms with Crippen LogP contribution in [0.5, 0.6) is 0 Å². The lowest BCUT2D eigenvalue weighted by atomic mass is 9.80. The molecule has 3 amide bonds. The summed E-state index contributed by atoms with van der Waals surface area (Å²) in [6.07, 6.45) is 8.76. The minimum Gasteiger partial charge on any atom is -0.341 e. The summed E-state index contributed by atoms with van der Waals surface area (Å²) >= 11 is 0. The number of carbonyl (C=O) groups is 2. The van der Waals surface area contributed by atoms with Gasteiger partial charge < -0.3 is 14.7 Å². The summed E-state index contributed by atoms with van der Waals surface area (Å²) in [4.78, 5) is 35.3. The number of hydrogen-bond acceptors (Lipinski definition) is 3. The van der Waals surface area contributed by atoms with Gasteiger partial charge in [0.15, 0.2) is 0 Å². The number of benzene rings is 1. The highest BCUT2D eigenvalue weighted by atomic mass is 35.5. The van der Waals surface area contributed by atoms with Crippen molar-refractivity contribution in [3.63, 3.8) is 0 Å². The van der Waals surface area contributed by atoms with Gasteiger partial charge in [0.2, 0.25) is 5.91 Å². The second-order valence-electron chi connectivity index (χ2n) is 13.0. The van der Waals surface area contributed by atoms with Crippen LogP contribution in [0.2, 0.25) is 0 Å². The van der Waals surface area contributed by atoms with Crippen LogP contribution in [-0.4, -0.2) is 88.4 Å². The molecule has 4 atom stereocenters. The molecule has 38 heavy (non-hydrogen) atoms. The molecule has 0 aromatic heterocycles. The normalized spacial score (nSPS) is 33.7. The zero-order valence-corrected chi connectivity index (χ0v) is 24.0. The van der Waals surface area contributed by atoms with Crippen molar-refractivity contribution in [2.24, 2.45) is 11.8 Å². The van der Waals surface area contributed by atoms with Gasteiger partial charge in [0.1, 0.15) is 5.82 Å². The third-order valence-corrected chi connectivity index (χ3v) is 10.3. The molecular weight excluding hydrogens is 503 g/mol. The van der Waals surface area contributed by atoms with E-state index in [0.29, 0.717) is 30.5 Å². The number of likely N-dealkylation sites (N-methyl/N-ethyl adjacent to an activating group) is 1.